The molecule has 0 aliphatic carbocycles. The number of rotatable bonds is 4. The van der Waals surface area contributed by atoms with E-state index >= 15 is 0 Å². The van der Waals surface area contributed by atoms with E-state index in [0.29, 0.717) is 11.4 Å². The van der Waals surface area contributed by atoms with Crippen LogP contribution >= 0.6 is 0 Å². The molecule has 5 nitrogen and oxygen atoms in total. The van der Waals surface area contributed by atoms with Crippen molar-refractivity contribution in [2.24, 2.45) is 0 Å². The molecule has 0 aliphatic rings. The van der Waals surface area contributed by atoms with Crippen LogP contribution in [0.15, 0.2) is 54.9 Å². The number of carbonyl (C=O) groups is 1. The Morgan fingerprint density at radius 2 is 1.87 bits per heavy atom. The average Bonchev–Trinajstić information content (AvgIpc) is 2.55. The number of hydrogen-bond acceptors (Lipinski definition) is 4. The molecule has 2 heterocycles. The highest BCUT2D eigenvalue weighted by molar-refractivity contribution is 6.07. The van der Waals surface area contributed by atoms with Gasteiger partial charge in [-0.05, 0) is 38.1 Å². The van der Waals surface area contributed by atoms with Crippen molar-refractivity contribution in [2.45, 2.75) is 19.9 Å². The number of carbonyl (C=O) groups excluding carboxylic acids is 1. The molecule has 3 aromatic rings. The Morgan fingerprint density at radius 1 is 1.04 bits per heavy atom. The molecule has 0 atom stereocenters. The van der Waals surface area contributed by atoms with Crippen LogP contribution in [0.5, 0.6) is 0 Å². The molecule has 23 heavy (non-hydrogen) atoms. The molecule has 116 valence electrons. The van der Waals surface area contributed by atoms with Crippen molar-refractivity contribution in [3.05, 3.63) is 60.6 Å². The Morgan fingerprint density at radius 3 is 2.70 bits per heavy atom. The highest BCUT2D eigenvalue weighted by atomic mass is 16.1. The number of anilines is 2. The van der Waals surface area contributed by atoms with E-state index in [4.69, 9.17) is 0 Å². The molecular weight excluding hydrogens is 288 g/mol. The van der Waals surface area contributed by atoms with Crippen molar-refractivity contribution in [3.63, 3.8) is 0 Å². The summed E-state index contributed by atoms with van der Waals surface area (Å²) in [6.45, 7) is 4.09. The summed E-state index contributed by atoms with van der Waals surface area (Å²) < 4.78 is 0. The van der Waals surface area contributed by atoms with E-state index in [9.17, 15) is 4.79 Å². The predicted octanol–water partition coefficient (Wildman–Crippen LogP) is 3.70. The summed E-state index contributed by atoms with van der Waals surface area (Å²) in [5.41, 5.74) is 2.68. The van der Waals surface area contributed by atoms with Crippen LogP contribution in [0.2, 0.25) is 0 Å². The van der Waals surface area contributed by atoms with Crippen LogP contribution in [0.3, 0.4) is 0 Å². The van der Waals surface area contributed by atoms with E-state index in [2.05, 4.69) is 20.6 Å². The van der Waals surface area contributed by atoms with Crippen LogP contribution in [0.25, 0.3) is 10.9 Å². The minimum Gasteiger partial charge on any atom is -0.383 e. The van der Waals surface area contributed by atoms with Crippen molar-refractivity contribution < 1.29 is 4.79 Å². The Balaban J connectivity index is 1.86. The summed E-state index contributed by atoms with van der Waals surface area (Å²) in [7, 11) is 0. The number of nitrogens with one attached hydrogen (secondary N) is 2. The van der Waals surface area contributed by atoms with E-state index < -0.39 is 0 Å². The number of aromatic nitrogens is 2. The van der Waals surface area contributed by atoms with Gasteiger partial charge in [-0.1, -0.05) is 18.2 Å². The zero-order valence-corrected chi connectivity index (χ0v) is 13.1. The fourth-order valence-electron chi connectivity index (χ4n) is 2.37. The van der Waals surface area contributed by atoms with Gasteiger partial charge >= 0.3 is 0 Å². The molecule has 0 bridgehead atoms. The van der Waals surface area contributed by atoms with Crippen LogP contribution < -0.4 is 10.6 Å². The van der Waals surface area contributed by atoms with Gasteiger partial charge in [0.15, 0.2) is 0 Å². The number of para-hydroxylation sites is 1. The molecule has 0 fully saturated rings. The number of amides is 1. The third-order valence-corrected chi connectivity index (χ3v) is 3.33. The lowest BCUT2D eigenvalue weighted by molar-refractivity contribution is 0.102. The van der Waals surface area contributed by atoms with E-state index in [1.807, 2.05) is 50.2 Å². The molecule has 0 aliphatic heterocycles. The largest absolute Gasteiger partial charge is 0.383 e. The maximum atomic E-state index is 12.5. The summed E-state index contributed by atoms with van der Waals surface area (Å²) in [5.74, 6) is -0.254. The first-order valence-corrected chi connectivity index (χ1v) is 7.51. The Kier molecular flexibility index (Phi) is 4.19. The van der Waals surface area contributed by atoms with Crippen molar-refractivity contribution in [1.29, 1.82) is 0 Å². The molecule has 0 saturated heterocycles. The first kappa shape index (κ1) is 15.0. The normalized spacial score (nSPS) is 10.7. The standard InChI is InChI=1S/C18H18N4O/c1-12(2)21-14-8-10-19-16(11-14)18(23)22-15-7-3-5-13-6-4-9-20-17(13)15/h3-12H,1-2H3,(H,19,21)(H,22,23). The maximum Gasteiger partial charge on any atom is 0.274 e. The third-order valence-electron chi connectivity index (χ3n) is 3.33. The molecular formula is C18H18N4O. The van der Waals surface area contributed by atoms with Crippen LogP contribution in [-0.2, 0) is 0 Å². The van der Waals surface area contributed by atoms with E-state index in [1.54, 1.807) is 18.5 Å². The van der Waals surface area contributed by atoms with Gasteiger partial charge in [0.05, 0.1) is 11.2 Å². The lowest BCUT2D eigenvalue weighted by atomic mass is 10.2. The molecule has 2 aromatic heterocycles. The zero-order valence-electron chi connectivity index (χ0n) is 13.1. The van der Waals surface area contributed by atoms with E-state index in [-0.39, 0.29) is 11.9 Å². The van der Waals surface area contributed by atoms with Gasteiger partial charge in [-0.3, -0.25) is 14.8 Å². The van der Waals surface area contributed by atoms with Crippen LogP contribution in [0.1, 0.15) is 24.3 Å². The number of benzene rings is 1. The highest BCUT2D eigenvalue weighted by Crippen LogP contribution is 2.21. The SMILES string of the molecule is CC(C)Nc1ccnc(C(=O)Nc2cccc3cccnc23)c1. The number of pyridine rings is 2. The van der Waals surface area contributed by atoms with Crippen molar-refractivity contribution >= 4 is 28.2 Å². The Hall–Kier alpha value is -2.95. The van der Waals surface area contributed by atoms with Gasteiger partial charge in [-0.2, -0.15) is 0 Å². The minimum atomic E-state index is -0.254. The second-order valence-corrected chi connectivity index (χ2v) is 5.56. The van der Waals surface area contributed by atoms with Gasteiger partial charge in [-0.25, -0.2) is 0 Å². The third kappa shape index (κ3) is 3.45. The van der Waals surface area contributed by atoms with Crippen LogP contribution in [-0.4, -0.2) is 21.9 Å². The predicted molar refractivity (Wildman–Crippen MR) is 92.7 cm³/mol. The molecule has 0 radical (unpaired) electrons. The lowest BCUT2D eigenvalue weighted by Gasteiger charge is -2.11. The summed E-state index contributed by atoms with van der Waals surface area (Å²) in [5, 5.41) is 7.13. The van der Waals surface area contributed by atoms with Crippen molar-refractivity contribution in [2.75, 3.05) is 10.6 Å². The zero-order chi connectivity index (χ0) is 16.2. The molecule has 2 N–H and O–H groups in total. The maximum absolute atomic E-state index is 12.5. The number of fused-ring (bicyclic) bond motifs is 1. The fourth-order valence-corrected chi connectivity index (χ4v) is 2.37. The van der Waals surface area contributed by atoms with E-state index in [0.717, 1.165) is 16.6 Å². The average molecular weight is 306 g/mol. The Labute approximate surface area is 134 Å². The van der Waals surface area contributed by atoms with Crippen LogP contribution in [0, 0.1) is 0 Å². The fraction of sp³-hybridized carbons (Fsp3) is 0.167. The summed E-state index contributed by atoms with van der Waals surface area (Å²) >= 11 is 0. The Bertz CT molecular complexity index is 840. The van der Waals surface area contributed by atoms with Gasteiger partial charge in [0.25, 0.3) is 5.91 Å². The molecule has 5 heteroatoms. The quantitative estimate of drug-likeness (QED) is 0.771. The number of hydrogen-bond donors (Lipinski definition) is 2. The smallest absolute Gasteiger partial charge is 0.274 e. The molecule has 0 saturated carbocycles. The van der Waals surface area contributed by atoms with E-state index in [1.165, 1.54) is 0 Å². The highest BCUT2D eigenvalue weighted by Gasteiger charge is 2.11. The molecule has 0 spiro atoms. The van der Waals surface area contributed by atoms with Gasteiger partial charge in [0.1, 0.15) is 5.69 Å². The monoisotopic (exact) mass is 306 g/mol. The van der Waals surface area contributed by atoms with Crippen LogP contribution in [0.4, 0.5) is 11.4 Å². The summed E-state index contributed by atoms with van der Waals surface area (Å²) in [6.07, 6.45) is 3.34. The molecule has 1 aromatic carbocycles. The molecule has 3 rings (SSSR count). The first-order chi connectivity index (χ1) is 11.1. The second-order valence-electron chi connectivity index (χ2n) is 5.56. The molecule has 1 amide bonds. The molecule has 0 unspecified atom stereocenters. The lowest BCUT2D eigenvalue weighted by Crippen LogP contribution is -2.15. The van der Waals surface area contributed by atoms with Gasteiger partial charge in [-0.15, -0.1) is 0 Å². The number of nitrogens with zero attached hydrogens (tertiary/aromatic N) is 2. The van der Waals surface area contributed by atoms with Crippen molar-refractivity contribution in [1.82, 2.24) is 9.97 Å². The van der Waals surface area contributed by atoms with Gasteiger partial charge in [0, 0.05) is 29.5 Å². The summed E-state index contributed by atoms with van der Waals surface area (Å²) in [6, 6.07) is 13.4. The van der Waals surface area contributed by atoms with Crippen molar-refractivity contribution in [3.8, 4) is 0 Å². The topological polar surface area (TPSA) is 66.9 Å². The van der Waals surface area contributed by atoms with Gasteiger partial charge in [0.2, 0.25) is 0 Å². The first-order valence-electron chi connectivity index (χ1n) is 7.51. The van der Waals surface area contributed by atoms with Gasteiger partial charge < -0.3 is 10.6 Å². The minimum absolute atomic E-state index is 0.254. The second kappa shape index (κ2) is 6.44. The summed E-state index contributed by atoms with van der Waals surface area (Å²) in [4.78, 5) is 21.0.